The number of benzene rings is 2. The molecule has 0 aliphatic rings. The van der Waals surface area contributed by atoms with Gasteiger partial charge in [0.25, 0.3) is 0 Å². The first-order chi connectivity index (χ1) is 11.6. The second kappa shape index (κ2) is 8.77. The first-order valence-electron chi connectivity index (χ1n) is 7.84. The second-order valence-electron chi connectivity index (χ2n) is 5.22. The molecule has 0 amide bonds. The summed E-state index contributed by atoms with van der Waals surface area (Å²) in [6, 6.07) is 15.5. The summed E-state index contributed by atoms with van der Waals surface area (Å²) in [4.78, 5) is 11.6. The lowest BCUT2D eigenvalue weighted by atomic mass is 10.1. The van der Waals surface area contributed by atoms with Crippen LogP contribution < -0.4 is 9.47 Å². The van der Waals surface area contributed by atoms with E-state index in [1.165, 1.54) is 6.08 Å². The molecule has 0 heterocycles. The maximum Gasteiger partial charge on any atom is 0.331 e. The number of carbonyl (C=O) groups excluding carboxylic acids is 1. The molecule has 126 valence electrons. The van der Waals surface area contributed by atoms with Crippen LogP contribution in [0.25, 0.3) is 5.57 Å². The van der Waals surface area contributed by atoms with E-state index in [1.807, 2.05) is 55.5 Å². The van der Waals surface area contributed by atoms with Crippen molar-refractivity contribution in [2.24, 2.45) is 0 Å². The lowest BCUT2D eigenvalue weighted by Gasteiger charge is -2.13. The van der Waals surface area contributed by atoms with E-state index in [0.717, 1.165) is 16.7 Å². The Balaban J connectivity index is 2.19. The number of carbonyl (C=O) groups is 1. The summed E-state index contributed by atoms with van der Waals surface area (Å²) in [5, 5.41) is 0. The fraction of sp³-hybridized carbons (Fsp3) is 0.250. The minimum absolute atomic E-state index is 0.349. The van der Waals surface area contributed by atoms with Gasteiger partial charge in [0, 0.05) is 6.08 Å². The maximum absolute atomic E-state index is 11.6. The first kappa shape index (κ1) is 17.6. The van der Waals surface area contributed by atoms with Gasteiger partial charge in [0.1, 0.15) is 6.61 Å². The van der Waals surface area contributed by atoms with Crippen molar-refractivity contribution in [3.05, 3.63) is 65.7 Å². The monoisotopic (exact) mass is 326 g/mol. The van der Waals surface area contributed by atoms with Crippen LogP contribution in [0.1, 0.15) is 25.0 Å². The van der Waals surface area contributed by atoms with Gasteiger partial charge in [-0.2, -0.15) is 0 Å². The number of hydrogen-bond donors (Lipinski definition) is 0. The number of allylic oxidation sites excluding steroid dienone is 1. The van der Waals surface area contributed by atoms with Crippen molar-refractivity contribution in [1.29, 1.82) is 0 Å². The van der Waals surface area contributed by atoms with E-state index >= 15 is 0 Å². The summed E-state index contributed by atoms with van der Waals surface area (Å²) in [5.74, 6) is 0.937. The fourth-order valence-corrected chi connectivity index (χ4v) is 2.21. The predicted octanol–water partition coefficient (Wildman–Crippen LogP) is 4.24. The van der Waals surface area contributed by atoms with E-state index in [2.05, 4.69) is 0 Å². The summed E-state index contributed by atoms with van der Waals surface area (Å²) >= 11 is 0. The molecule has 0 aliphatic carbocycles. The van der Waals surface area contributed by atoms with Crippen LogP contribution in [0.4, 0.5) is 0 Å². The normalized spacial score (nSPS) is 11.0. The molecule has 0 fully saturated rings. The number of methoxy groups -OCH3 is 1. The molecular weight excluding hydrogens is 304 g/mol. The van der Waals surface area contributed by atoms with Gasteiger partial charge in [0.15, 0.2) is 11.5 Å². The van der Waals surface area contributed by atoms with Gasteiger partial charge in [-0.25, -0.2) is 4.79 Å². The van der Waals surface area contributed by atoms with Gasteiger partial charge >= 0.3 is 5.97 Å². The zero-order valence-electron chi connectivity index (χ0n) is 14.2. The van der Waals surface area contributed by atoms with E-state index in [0.29, 0.717) is 24.7 Å². The van der Waals surface area contributed by atoms with Crippen molar-refractivity contribution in [3.8, 4) is 11.5 Å². The van der Waals surface area contributed by atoms with Crippen molar-refractivity contribution >= 4 is 11.5 Å². The van der Waals surface area contributed by atoms with E-state index in [1.54, 1.807) is 14.0 Å². The second-order valence-corrected chi connectivity index (χ2v) is 5.22. The van der Waals surface area contributed by atoms with Crippen molar-refractivity contribution in [2.75, 3.05) is 13.7 Å². The zero-order chi connectivity index (χ0) is 17.4. The standard InChI is InChI=1S/C20H22O4/c1-4-23-20(21)12-15(2)17-10-11-18(22-3)19(13-17)24-14-16-8-6-5-7-9-16/h5-13H,4,14H2,1-3H3. The molecule has 2 rings (SSSR count). The van der Waals surface area contributed by atoms with Gasteiger partial charge in [-0.3, -0.25) is 0 Å². The van der Waals surface area contributed by atoms with Crippen LogP contribution >= 0.6 is 0 Å². The fourth-order valence-electron chi connectivity index (χ4n) is 2.21. The smallest absolute Gasteiger partial charge is 0.331 e. The highest BCUT2D eigenvalue weighted by Gasteiger charge is 2.08. The molecule has 2 aromatic rings. The highest BCUT2D eigenvalue weighted by Crippen LogP contribution is 2.31. The Bertz CT molecular complexity index is 705. The van der Waals surface area contributed by atoms with Crippen LogP contribution in [0, 0.1) is 0 Å². The summed E-state index contributed by atoms with van der Waals surface area (Å²) in [6.45, 7) is 4.45. The van der Waals surface area contributed by atoms with Crippen LogP contribution in [0.3, 0.4) is 0 Å². The van der Waals surface area contributed by atoms with Gasteiger partial charge in [0.05, 0.1) is 13.7 Å². The number of hydrogen-bond acceptors (Lipinski definition) is 4. The molecule has 0 aliphatic heterocycles. The van der Waals surface area contributed by atoms with Crippen molar-refractivity contribution in [1.82, 2.24) is 0 Å². The molecule has 0 N–H and O–H groups in total. The number of esters is 1. The molecule has 24 heavy (non-hydrogen) atoms. The van der Waals surface area contributed by atoms with E-state index in [-0.39, 0.29) is 5.97 Å². The molecule has 0 atom stereocenters. The van der Waals surface area contributed by atoms with Crippen LogP contribution in [0.5, 0.6) is 11.5 Å². The Morgan fingerprint density at radius 2 is 1.83 bits per heavy atom. The Labute approximate surface area is 142 Å². The average molecular weight is 326 g/mol. The SMILES string of the molecule is CCOC(=O)C=C(C)c1ccc(OC)c(OCc2ccccc2)c1. The summed E-state index contributed by atoms with van der Waals surface area (Å²) in [5.41, 5.74) is 2.76. The molecule has 0 saturated heterocycles. The molecule has 0 bridgehead atoms. The minimum Gasteiger partial charge on any atom is -0.493 e. The molecule has 4 heteroatoms. The van der Waals surface area contributed by atoms with E-state index in [4.69, 9.17) is 14.2 Å². The molecule has 0 spiro atoms. The number of rotatable bonds is 7. The summed E-state index contributed by atoms with van der Waals surface area (Å²) < 4.78 is 16.2. The summed E-state index contributed by atoms with van der Waals surface area (Å²) in [6.07, 6.45) is 1.48. The van der Waals surface area contributed by atoms with Crippen LogP contribution in [-0.4, -0.2) is 19.7 Å². The third-order valence-corrected chi connectivity index (χ3v) is 3.48. The largest absolute Gasteiger partial charge is 0.493 e. The zero-order valence-corrected chi connectivity index (χ0v) is 14.2. The predicted molar refractivity (Wildman–Crippen MR) is 94.1 cm³/mol. The average Bonchev–Trinajstić information content (AvgIpc) is 2.60. The van der Waals surface area contributed by atoms with Crippen LogP contribution in [0.2, 0.25) is 0 Å². The Morgan fingerprint density at radius 3 is 2.50 bits per heavy atom. The lowest BCUT2D eigenvalue weighted by molar-refractivity contribution is -0.137. The van der Waals surface area contributed by atoms with Crippen LogP contribution in [0.15, 0.2) is 54.6 Å². The highest BCUT2D eigenvalue weighted by atomic mass is 16.5. The third-order valence-electron chi connectivity index (χ3n) is 3.48. The topological polar surface area (TPSA) is 44.8 Å². The Hall–Kier alpha value is -2.75. The van der Waals surface area contributed by atoms with Crippen molar-refractivity contribution in [3.63, 3.8) is 0 Å². The van der Waals surface area contributed by atoms with E-state index in [9.17, 15) is 4.79 Å². The molecule has 0 aromatic heterocycles. The molecular formula is C20H22O4. The van der Waals surface area contributed by atoms with Gasteiger partial charge in [-0.05, 0) is 42.7 Å². The van der Waals surface area contributed by atoms with Gasteiger partial charge in [0.2, 0.25) is 0 Å². The maximum atomic E-state index is 11.6. The summed E-state index contributed by atoms with van der Waals surface area (Å²) in [7, 11) is 1.60. The molecule has 0 radical (unpaired) electrons. The minimum atomic E-state index is -0.349. The van der Waals surface area contributed by atoms with Crippen molar-refractivity contribution < 1.29 is 19.0 Å². The van der Waals surface area contributed by atoms with E-state index < -0.39 is 0 Å². The lowest BCUT2D eigenvalue weighted by Crippen LogP contribution is -2.01. The van der Waals surface area contributed by atoms with Gasteiger partial charge in [-0.15, -0.1) is 0 Å². The van der Waals surface area contributed by atoms with Gasteiger partial charge in [-0.1, -0.05) is 36.4 Å². The van der Waals surface area contributed by atoms with Crippen LogP contribution in [-0.2, 0) is 16.1 Å². The Morgan fingerprint density at radius 1 is 1.08 bits per heavy atom. The van der Waals surface area contributed by atoms with Gasteiger partial charge < -0.3 is 14.2 Å². The quantitative estimate of drug-likeness (QED) is 0.564. The third kappa shape index (κ3) is 4.88. The van der Waals surface area contributed by atoms with Crippen molar-refractivity contribution in [2.45, 2.75) is 20.5 Å². The molecule has 2 aromatic carbocycles. The molecule has 0 unspecified atom stereocenters. The molecule has 4 nitrogen and oxygen atoms in total. The number of ether oxygens (including phenoxy) is 3. The first-order valence-corrected chi connectivity index (χ1v) is 7.84. The Kier molecular flexibility index (Phi) is 6.43. The molecule has 0 saturated carbocycles. The highest BCUT2D eigenvalue weighted by molar-refractivity contribution is 5.91.